The van der Waals surface area contributed by atoms with Crippen molar-refractivity contribution in [3.8, 4) is 0 Å². The number of hydrogen-bond donors (Lipinski definition) is 2. The average molecular weight is 274 g/mol. The van der Waals surface area contributed by atoms with E-state index >= 15 is 0 Å². The molecule has 2 N–H and O–H groups in total. The standard InChI is InChI=1S/C15H16ClN3/c16-13-9-17-7-6-14(13)19-10-15-12-4-2-1-3-11(12)5-8-18-15/h1-4,6-7,9,15,18H,5,8,10H2,(H,17,19). The number of anilines is 1. The first-order chi connectivity index (χ1) is 9.34. The minimum atomic E-state index is 0.328. The minimum Gasteiger partial charge on any atom is -0.382 e. The second kappa shape index (κ2) is 5.59. The summed E-state index contributed by atoms with van der Waals surface area (Å²) in [5.74, 6) is 0. The van der Waals surface area contributed by atoms with Gasteiger partial charge in [-0.25, -0.2) is 0 Å². The Morgan fingerprint density at radius 2 is 2.21 bits per heavy atom. The van der Waals surface area contributed by atoms with Gasteiger partial charge in [0, 0.05) is 25.0 Å². The monoisotopic (exact) mass is 273 g/mol. The number of rotatable bonds is 3. The topological polar surface area (TPSA) is 37.0 Å². The Bertz CT molecular complexity index is 571. The maximum Gasteiger partial charge on any atom is 0.0820 e. The van der Waals surface area contributed by atoms with Crippen LogP contribution in [0.3, 0.4) is 0 Å². The molecule has 3 rings (SSSR count). The Morgan fingerprint density at radius 3 is 3.11 bits per heavy atom. The van der Waals surface area contributed by atoms with Gasteiger partial charge in [0.2, 0.25) is 0 Å². The van der Waals surface area contributed by atoms with E-state index in [-0.39, 0.29) is 0 Å². The van der Waals surface area contributed by atoms with Crippen LogP contribution >= 0.6 is 11.6 Å². The van der Waals surface area contributed by atoms with E-state index in [1.807, 2.05) is 6.07 Å². The Morgan fingerprint density at radius 1 is 1.32 bits per heavy atom. The third kappa shape index (κ3) is 2.72. The van der Waals surface area contributed by atoms with Crippen molar-refractivity contribution in [3.63, 3.8) is 0 Å². The van der Waals surface area contributed by atoms with Gasteiger partial charge in [-0.1, -0.05) is 35.9 Å². The smallest absolute Gasteiger partial charge is 0.0820 e. The molecule has 0 fully saturated rings. The molecule has 0 amide bonds. The second-order valence-corrected chi connectivity index (χ2v) is 5.10. The maximum absolute atomic E-state index is 6.10. The van der Waals surface area contributed by atoms with Crippen LogP contribution in [0, 0.1) is 0 Å². The third-order valence-corrected chi connectivity index (χ3v) is 3.79. The molecule has 0 saturated heterocycles. The Balaban J connectivity index is 1.73. The van der Waals surface area contributed by atoms with Gasteiger partial charge in [0.1, 0.15) is 0 Å². The minimum absolute atomic E-state index is 0.328. The van der Waals surface area contributed by atoms with E-state index in [2.05, 4.69) is 39.9 Å². The lowest BCUT2D eigenvalue weighted by atomic mass is 9.94. The van der Waals surface area contributed by atoms with Gasteiger partial charge < -0.3 is 10.6 Å². The van der Waals surface area contributed by atoms with Gasteiger partial charge in [0.15, 0.2) is 0 Å². The average Bonchev–Trinajstić information content (AvgIpc) is 2.46. The van der Waals surface area contributed by atoms with Crippen molar-refractivity contribution in [3.05, 3.63) is 58.9 Å². The molecule has 1 atom stereocenters. The van der Waals surface area contributed by atoms with Crippen molar-refractivity contribution in [2.24, 2.45) is 0 Å². The predicted octanol–water partition coefficient (Wildman–Crippen LogP) is 3.03. The zero-order chi connectivity index (χ0) is 13.1. The molecule has 98 valence electrons. The molecule has 0 radical (unpaired) electrons. The van der Waals surface area contributed by atoms with Crippen molar-refractivity contribution in [1.29, 1.82) is 0 Å². The maximum atomic E-state index is 6.10. The van der Waals surface area contributed by atoms with Crippen LogP contribution in [0.2, 0.25) is 5.02 Å². The summed E-state index contributed by atoms with van der Waals surface area (Å²) in [6.07, 6.45) is 4.51. The molecule has 2 aromatic rings. The zero-order valence-corrected chi connectivity index (χ0v) is 11.3. The zero-order valence-electron chi connectivity index (χ0n) is 10.6. The predicted molar refractivity (Wildman–Crippen MR) is 78.6 cm³/mol. The van der Waals surface area contributed by atoms with Gasteiger partial charge in [-0.05, 0) is 30.2 Å². The lowest BCUT2D eigenvalue weighted by molar-refractivity contribution is 0.523. The molecule has 2 heterocycles. The van der Waals surface area contributed by atoms with E-state index in [4.69, 9.17) is 11.6 Å². The van der Waals surface area contributed by atoms with E-state index < -0.39 is 0 Å². The molecule has 0 aliphatic carbocycles. The van der Waals surface area contributed by atoms with E-state index in [0.717, 1.165) is 25.2 Å². The van der Waals surface area contributed by atoms with Crippen LogP contribution in [-0.2, 0) is 6.42 Å². The first-order valence-electron chi connectivity index (χ1n) is 6.49. The summed E-state index contributed by atoms with van der Waals surface area (Å²) >= 11 is 6.10. The SMILES string of the molecule is Clc1cnccc1NCC1NCCc2ccccc21. The fourth-order valence-corrected chi connectivity index (χ4v) is 2.69. The summed E-state index contributed by atoms with van der Waals surface area (Å²) in [6, 6.07) is 10.8. The molecule has 1 aromatic heterocycles. The highest BCUT2D eigenvalue weighted by atomic mass is 35.5. The Kier molecular flexibility index (Phi) is 3.67. The van der Waals surface area contributed by atoms with Crippen LogP contribution in [0.4, 0.5) is 5.69 Å². The normalized spacial score (nSPS) is 17.8. The van der Waals surface area contributed by atoms with Crippen molar-refractivity contribution in [2.45, 2.75) is 12.5 Å². The number of pyridine rings is 1. The summed E-state index contributed by atoms with van der Waals surface area (Å²) < 4.78 is 0. The Labute approximate surface area is 118 Å². The van der Waals surface area contributed by atoms with Crippen LogP contribution in [0.25, 0.3) is 0 Å². The summed E-state index contributed by atoms with van der Waals surface area (Å²) in [4.78, 5) is 3.99. The van der Waals surface area contributed by atoms with Crippen molar-refractivity contribution >= 4 is 17.3 Å². The highest BCUT2D eigenvalue weighted by Gasteiger charge is 2.18. The van der Waals surface area contributed by atoms with Gasteiger partial charge in [0.05, 0.1) is 10.7 Å². The molecular weight excluding hydrogens is 258 g/mol. The van der Waals surface area contributed by atoms with Crippen LogP contribution in [0.1, 0.15) is 17.2 Å². The molecule has 1 aliphatic rings. The number of nitrogens with zero attached hydrogens (tertiary/aromatic N) is 1. The molecule has 3 nitrogen and oxygen atoms in total. The van der Waals surface area contributed by atoms with E-state index in [1.54, 1.807) is 12.4 Å². The first kappa shape index (κ1) is 12.5. The highest BCUT2D eigenvalue weighted by Crippen LogP contribution is 2.24. The number of halogens is 1. The molecular formula is C15H16ClN3. The van der Waals surface area contributed by atoms with Crippen LogP contribution in [-0.4, -0.2) is 18.1 Å². The number of aromatic nitrogens is 1. The lowest BCUT2D eigenvalue weighted by Gasteiger charge is -2.27. The third-order valence-electron chi connectivity index (χ3n) is 3.48. The van der Waals surface area contributed by atoms with Gasteiger partial charge in [-0.3, -0.25) is 4.98 Å². The van der Waals surface area contributed by atoms with Gasteiger partial charge >= 0.3 is 0 Å². The lowest BCUT2D eigenvalue weighted by Crippen LogP contribution is -2.34. The largest absolute Gasteiger partial charge is 0.382 e. The number of benzene rings is 1. The molecule has 4 heteroatoms. The first-order valence-corrected chi connectivity index (χ1v) is 6.87. The molecule has 0 spiro atoms. The quantitative estimate of drug-likeness (QED) is 0.903. The van der Waals surface area contributed by atoms with Gasteiger partial charge in [-0.15, -0.1) is 0 Å². The van der Waals surface area contributed by atoms with Crippen molar-refractivity contribution in [2.75, 3.05) is 18.4 Å². The summed E-state index contributed by atoms with van der Waals surface area (Å²) in [5, 5.41) is 7.59. The number of fused-ring (bicyclic) bond motifs is 1. The van der Waals surface area contributed by atoms with Gasteiger partial charge in [-0.2, -0.15) is 0 Å². The molecule has 1 aliphatic heterocycles. The van der Waals surface area contributed by atoms with E-state index in [1.165, 1.54) is 11.1 Å². The van der Waals surface area contributed by atoms with Crippen molar-refractivity contribution in [1.82, 2.24) is 10.3 Å². The fourth-order valence-electron chi connectivity index (χ4n) is 2.51. The van der Waals surface area contributed by atoms with Crippen molar-refractivity contribution < 1.29 is 0 Å². The van der Waals surface area contributed by atoms with E-state index in [9.17, 15) is 0 Å². The van der Waals surface area contributed by atoms with Crippen LogP contribution in [0.5, 0.6) is 0 Å². The molecule has 0 saturated carbocycles. The number of nitrogens with one attached hydrogen (secondary N) is 2. The van der Waals surface area contributed by atoms with E-state index in [0.29, 0.717) is 11.1 Å². The van der Waals surface area contributed by atoms with Crippen LogP contribution in [0.15, 0.2) is 42.7 Å². The summed E-state index contributed by atoms with van der Waals surface area (Å²) in [5.41, 5.74) is 3.75. The highest BCUT2D eigenvalue weighted by molar-refractivity contribution is 6.33. The molecule has 0 bridgehead atoms. The molecule has 1 aromatic carbocycles. The number of hydrogen-bond acceptors (Lipinski definition) is 3. The van der Waals surface area contributed by atoms with Gasteiger partial charge in [0.25, 0.3) is 0 Å². The van der Waals surface area contributed by atoms with Crippen LogP contribution < -0.4 is 10.6 Å². The fraction of sp³-hybridized carbons (Fsp3) is 0.267. The second-order valence-electron chi connectivity index (χ2n) is 4.69. The summed E-state index contributed by atoms with van der Waals surface area (Å²) in [7, 11) is 0. The summed E-state index contributed by atoms with van der Waals surface area (Å²) in [6.45, 7) is 1.84. The Hall–Kier alpha value is -1.58. The molecule has 19 heavy (non-hydrogen) atoms. The molecule has 1 unspecified atom stereocenters.